The zero-order valence-electron chi connectivity index (χ0n) is 10.1. The normalized spacial score (nSPS) is 27.2. The number of anilines is 1. The summed E-state index contributed by atoms with van der Waals surface area (Å²) in [7, 11) is 0. The van der Waals surface area contributed by atoms with Gasteiger partial charge in [-0.25, -0.2) is 9.37 Å². The SMILES string of the molecule is Nc1nc2c(ncn2C2CC(F)C(CO)C2)c(=O)[nH]1. The van der Waals surface area contributed by atoms with Crippen molar-refractivity contribution in [2.24, 2.45) is 5.92 Å². The Balaban J connectivity index is 2.05. The number of nitrogens with two attached hydrogens (primary N) is 1. The lowest BCUT2D eigenvalue weighted by molar-refractivity contribution is 0.162. The Bertz CT molecular complexity index is 667. The molecule has 1 aliphatic rings. The number of rotatable bonds is 2. The fraction of sp³-hybridized carbons (Fsp3) is 0.545. The van der Waals surface area contributed by atoms with Gasteiger partial charge in [0, 0.05) is 18.6 Å². The lowest BCUT2D eigenvalue weighted by atomic mass is 10.1. The first-order chi connectivity index (χ1) is 9.10. The topological polar surface area (TPSA) is 110 Å². The van der Waals surface area contributed by atoms with E-state index in [-0.39, 0.29) is 36.5 Å². The maximum absolute atomic E-state index is 13.7. The molecule has 0 saturated heterocycles. The van der Waals surface area contributed by atoms with Crippen molar-refractivity contribution >= 4 is 17.1 Å². The van der Waals surface area contributed by atoms with Crippen LogP contribution in [0.3, 0.4) is 0 Å². The monoisotopic (exact) mass is 267 g/mol. The van der Waals surface area contributed by atoms with Gasteiger partial charge in [-0.05, 0) is 12.8 Å². The van der Waals surface area contributed by atoms with Crippen molar-refractivity contribution in [2.75, 3.05) is 12.3 Å². The van der Waals surface area contributed by atoms with Crippen LogP contribution in [0.5, 0.6) is 0 Å². The Morgan fingerprint density at radius 1 is 1.58 bits per heavy atom. The van der Waals surface area contributed by atoms with E-state index in [1.54, 1.807) is 4.57 Å². The van der Waals surface area contributed by atoms with Gasteiger partial charge in [-0.15, -0.1) is 0 Å². The van der Waals surface area contributed by atoms with Crippen molar-refractivity contribution in [3.8, 4) is 0 Å². The van der Waals surface area contributed by atoms with Crippen molar-refractivity contribution in [2.45, 2.75) is 25.1 Å². The molecule has 0 amide bonds. The van der Waals surface area contributed by atoms with E-state index in [4.69, 9.17) is 10.8 Å². The quantitative estimate of drug-likeness (QED) is 0.708. The maximum atomic E-state index is 13.7. The van der Waals surface area contributed by atoms with E-state index in [1.165, 1.54) is 6.33 Å². The van der Waals surface area contributed by atoms with Crippen molar-refractivity contribution in [1.82, 2.24) is 19.5 Å². The molecule has 3 atom stereocenters. The van der Waals surface area contributed by atoms with Crippen molar-refractivity contribution in [1.29, 1.82) is 0 Å². The van der Waals surface area contributed by atoms with Crippen LogP contribution in [-0.4, -0.2) is 37.4 Å². The molecular weight excluding hydrogens is 253 g/mol. The van der Waals surface area contributed by atoms with Crippen LogP contribution in [0.15, 0.2) is 11.1 Å². The van der Waals surface area contributed by atoms with Crippen LogP contribution in [0.2, 0.25) is 0 Å². The molecule has 1 fully saturated rings. The van der Waals surface area contributed by atoms with Gasteiger partial charge in [0.1, 0.15) is 6.17 Å². The Morgan fingerprint density at radius 2 is 2.37 bits per heavy atom. The molecule has 4 N–H and O–H groups in total. The summed E-state index contributed by atoms with van der Waals surface area (Å²) >= 11 is 0. The zero-order valence-corrected chi connectivity index (χ0v) is 10.1. The average molecular weight is 267 g/mol. The molecule has 3 unspecified atom stereocenters. The predicted octanol–water partition coefficient (Wildman–Crippen LogP) is -0.0167. The molecule has 8 heteroatoms. The van der Waals surface area contributed by atoms with Crippen molar-refractivity contribution in [3.05, 3.63) is 16.7 Å². The van der Waals surface area contributed by atoms with E-state index < -0.39 is 11.7 Å². The minimum Gasteiger partial charge on any atom is -0.396 e. The van der Waals surface area contributed by atoms with Gasteiger partial charge < -0.3 is 15.4 Å². The Labute approximate surface area is 107 Å². The number of nitrogens with zero attached hydrogens (tertiary/aromatic N) is 3. The van der Waals surface area contributed by atoms with E-state index in [2.05, 4.69) is 15.0 Å². The fourth-order valence-corrected chi connectivity index (χ4v) is 2.67. The first-order valence-corrected chi connectivity index (χ1v) is 6.07. The number of imidazole rings is 1. The molecule has 0 bridgehead atoms. The van der Waals surface area contributed by atoms with Crippen LogP contribution in [0.25, 0.3) is 11.2 Å². The van der Waals surface area contributed by atoms with E-state index in [1.807, 2.05) is 0 Å². The second kappa shape index (κ2) is 4.30. The highest BCUT2D eigenvalue weighted by molar-refractivity contribution is 5.70. The molecule has 1 aliphatic carbocycles. The highest BCUT2D eigenvalue weighted by Crippen LogP contribution is 2.37. The highest BCUT2D eigenvalue weighted by Gasteiger charge is 2.35. The van der Waals surface area contributed by atoms with Gasteiger partial charge in [0.25, 0.3) is 5.56 Å². The third kappa shape index (κ3) is 1.88. The number of halogens is 1. The lowest BCUT2D eigenvalue weighted by Crippen LogP contribution is -2.13. The molecule has 2 aromatic rings. The number of aliphatic hydroxyl groups is 1. The Hall–Kier alpha value is -1.96. The third-order valence-electron chi connectivity index (χ3n) is 3.66. The molecule has 0 radical (unpaired) electrons. The summed E-state index contributed by atoms with van der Waals surface area (Å²) in [4.78, 5) is 22.1. The number of alkyl halides is 1. The molecule has 2 heterocycles. The fourth-order valence-electron chi connectivity index (χ4n) is 2.67. The van der Waals surface area contributed by atoms with Gasteiger partial charge in [-0.3, -0.25) is 9.78 Å². The number of fused-ring (bicyclic) bond motifs is 1. The van der Waals surface area contributed by atoms with E-state index in [0.717, 1.165) is 0 Å². The van der Waals surface area contributed by atoms with Crippen LogP contribution in [-0.2, 0) is 0 Å². The van der Waals surface area contributed by atoms with Crippen LogP contribution in [0, 0.1) is 5.92 Å². The minimum atomic E-state index is -1.05. The Morgan fingerprint density at radius 3 is 3.05 bits per heavy atom. The summed E-state index contributed by atoms with van der Waals surface area (Å²) in [5.74, 6) is -0.366. The number of nitrogens with one attached hydrogen (secondary N) is 1. The summed E-state index contributed by atoms with van der Waals surface area (Å²) in [5, 5.41) is 9.10. The van der Waals surface area contributed by atoms with Crippen LogP contribution in [0.1, 0.15) is 18.9 Å². The first kappa shape index (κ1) is 12.1. The molecule has 19 heavy (non-hydrogen) atoms. The molecule has 0 spiro atoms. The van der Waals surface area contributed by atoms with E-state index >= 15 is 0 Å². The second-order valence-corrected chi connectivity index (χ2v) is 4.86. The van der Waals surface area contributed by atoms with Gasteiger partial charge in [-0.1, -0.05) is 0 Å². The Kier molecular flexibility index (Phi) is 2.74. The largest absolute Gasteiger partial charge is 0.396 e. The summed E-state index contributed by atoms with van der Waals surface area (Å²) in [6.45, 7) is -0.180. The van der Waals surface area contributed by atoms with Gasteiger partial charge >= 0.3 is 0 Å². The van der Waals surface area contributed by atoms with Gasteiger partial charge in [-0.2, -0.15) is 4.98 Å². The summed E-state index contributed by atoms with van der Waals surface area (Å²) in [6.07, 6.45) is 1.21. The summed E-state index contributed by atoms with van der Waals surface area (Å²) in [6, 6.07) is -0.161. The minimum absolute atomic E-state index is 0.00718. The summed E-state index contributed by atoms with van der Waals surface area (Å²) in [5.41, 5.74) is 5.65. The summed E-state index contributed by atoms with van der Waals surface area (Å²) < 4.78 is 15.4. The molecule has 0 aromatic carbocycles. The van der Waals surface area contributed by atoms with Gasteiger partial charge in [0.2, 0.25) is 5.95 Å². The van der Waals surface area contributed by atoms with Crippen molar-refractivity contribution < 1.29 is 9.50 Å². The highest BCUT2D eigenvalue weighted by atomic mass is 19.1. The van der Waals surface area contributed by atoms with Crippen LogP contribution >= 0.6 is 0 Å². The number of aromatic amines is 1. The number of hydrogen-bond donors (Lipinski definition) is 3. The molecular formula is C11H14FN5O2. The number of aromatic nitrogens is 4. The standard InChI is InChI=1S/C11H14FN5O2/c12-7-2-6(1-5(7)3-18)17-4-14-8-9(17)15-11(13)16-10(8)19/h4-7,18H,1-3H2,(H3,13,15,16,19). The van der Waals surface area contributed by atoms with Gasteiger partial charge in [0.05, 0.1) is 6.33 Å². The number of H-pyrrole nitrogens is 1. The molecule has 2 aromatic heterocycles. The number of nitrogen functional groups attached to an aromatic ring is 1. The molecule has 1 saturated carbocycles. The molecule has 102 valence electrons. The van der Waals surface area contributed by atoms with E-state index in [9.17, 15) is 9.18 Å². The van der Waals surface area contributed by atoms with Crippen molar-refractivity contribution in [3.63, 3.8) is 0 Å². The van der Waals surface area contributed by atoms with E-state index in [0.29, 0.717) is 12.1 Å². The first-order valence-electron chi connectivity index (χ1n) is 6.07. The number of hydrogen-bond acceptors (Lipinski definition) is 5. The van der Waals surface area contributed by atoms with Gasteiger partial charge in [0.15, 0.2) is 11.2 Å². The molecule has 0 aliphatic heterocycles. The maximum Gasteiger partial charge on any atom is 0.280 e. The second-order valence-electron chi connectivity index (χ2n) is 4.86. The molecule has 7 nitrogen and oxygen atoms in total. The van der Waals surface area contributed by atoms with Crippen LogP contribution < -0.4 is 11.3 Å². The smallest absolute Gasteiger partial charge is 0.280 e. The average Bonchev–Trinajstić information content (AvgIpc) is 2.92. The lowest BCUT2D eigenvalue weighted by Gasteiger charge is -2.11. The zero-order chi connectivity index (χ0) is 13.6. The third-order valence-corrected chi connectivity index (χ3v) is 3.66. The predicted molar refractivity (Wildman–Crippen MR) is 66.3 cm³/mol. The number of aliphatic hydroxyl groups excluding tert-OH is 1. The molecule has 3 rings (SSSR count). The van der Waals surface area contributed by atoms with Crippen LogP contribution in [0.4, 0.5) is 10.3 Å².